The Bertz CT molecular complexity index is 54.9. The second-order valence-electron chi connectivity index (χ2n) is 2.84. The van der Waals surface area contributed by atoms with Crippen molar-refractivity contribution in [2.24, 2.45) is 5.92 Å². The molecule has 52 valence electrons. The zero-order valence-electron chi connectivity index (χ0n) is 6.48. The second-order valence-corrected chi connectivity index (χ2v) is 2.84. The molecule has 0 atom stereocenters. The summed E-state index contributed by atoms with van der Waals surface area (Å²) < 4.78 is 0. The third kappa shape index (κ3) is 8.02. The van der Waals surface area contributed by atoms with Crippen LogP contribution in [0.15, 0.2) is 0 Å². The van der Waals surface area contributed by atoms with Gasteiger partial charge in [-0.3, -0.25) is 0 Å². The van der Waals surface area contributed by atoms with Gasteiger partial charge in [-0.25, -0.2) is 0 Å². The lowest BCUT2D eigenvalue weighted by Crippen LogP contribution is -2.09. The highest BCUT2D eigenvalue weighted by Crippen LogP contribution is 2.04. The minimum absolute atomic E-state index is 0.836. The Hall–Kier alpha value is 0.0249. The Morgan fingerprint density at radius 3 is 2.44 bits per heavy atom. The van der Waals surface area contributed by atoms with Gasteiger partial charge in [0.05, 0.1) is 0 Å². The van der Waals surface area contributed by atoms with E-state index in [0.29, 0.717) is 0 Å². The molecule has 0 bridgehead atoms. The van der Waals surface area contributed by atoms with Crippen molar-refractivity contribution in [3.63, 3.8) is 0 Å². The summed E-state index contributed by atoms with van der Waals surface area (Å²) >= 11 is 0. The fourth-order valence-electron chi connectivity index (χ4n) is 0.780. The summed E-state index contributed by atoms with van der Waals surface area (Å²) in [5.74, 6) is 0.836. The Kier molecular flexibility index (Phi) is 6.17. The number of hydrogen-bond acceptors (Lipinski definition) is 1. The van der Waals surface area contributed by atoms with Gasteiger partial charge in [-0.1, -0.05) is 26.7 Å². The average Bonchev–Trinajstić information content (AvgIpc) is 1.80. The molecular weight excluding hydrogens is 109 g/mol. The molecule has 0 aromatic rings. The largest absolute Gasteiger partial charge is 0.366 e. The fourth-order valence-corrected chi connectivity index (χ4v) is 0.780. The van der Waals surface area contributed by atoms with Crippen LogP contribution in [0.5, 0.6) is 0 Å². The molecule has 0 saturated heterocycles. The van der Waals surface area contributed by atoms with Crippen molar-refractivity contribution in [2.45, 2.75) is 33.1 Å². The van der Waals surface area contributed by atoms with Gasteiger partial charge in [-0.2, -0.15) is 0 Å². The first-order valence-corrected chi connectivity index (χ1v) is 3.71. The molecule has 0 aromatic heterocycles. The maximum Gasteiger partial charge on any atom is 0.177 e. The maximum absolute atomic E-state index is 5.10. The first-order valence-electron chi connectivity index (χ1n) is 3.71. The van der Waals surface area contributed by atoms with Crippen molar-refractivity contribution < 1.29 is 0 Å². The minimum atomic E-state index is 0.836. The van der Waals surface area contributed by atoms with E-state index in [1.54, 1.807) is 0 Å². The SMILES string of the molecule is [B]NCCCCC(C)C. The first kappa shape index (κ1) is 9.02. The molecule has 0 aromatic carbocycles. The zero-order chi connectivity index (χ0) is 7.11. The molecule has 0 amide bonds. The third-order valence-corrected chi connectivity index (χ3v) is 1.35. The van der Waals surface area contributed by atoms with E-state index in [1.165, 1.54) is 19.3 Å². The van der Waals surface area contributed by atoms with Gasteiger partial charge in [0.25, 0.3) is 0 Å². The van der Waals surface area contributed by atoms with E-state index in [1.807, 2.05) is 0 Å². The topological polar surface area (TPSA) is 12.0 Å². The maximum atomic E-state index is 5.10. The van der Waals surface area contributed by atoms with E-state index in [9.17, 15) is 0 Å². The van der Waals surface area contributed by atoms with Crippen molar-refractivity contribution >= 4 is 7.98 Å². The van der Waals surface area contributed by atoms with Crippen LogP contribution >= 0.6 is 0 Å². The summed E-state index contributed by atoms with van der Waals surface area (Å²) in [6, 6.07) is 0. The number of hydrogen-bond donors (Lipinski definition) is 1. The van der Waals surface area contributed by atoms with Crippen molar-refractivity contribution in [2.75, 3.05) is 6.54 Å². The van der Waals surface area contributed by atoms with Crippen LogP contribution in [0.2, 0.25) is 0 Å². The van der Waals surface area contributed by atoms with Gasteiger partial charge in [0.15, 0.2) is 7.98 Å². The highest BCUT2D eigenvalue weighted by atomic mass is 14.7. The quantitative estimate of drug-likeness (QED) is 0.433. The lowest BCUT2D eigenvalue weighted by molar-refractivity contribution is 0.537. The molecule has 0 heterocycles. The molecule has 9 heavy (non-hydrogen) atoms. The molecule has 0 spiro atoms. The van der Waals surface area contributed by atoms with E-state index in [-0.39, 0.29) is 0 Å². The van der Waals surface area contributed by atoms with Crippen LogP contribution in [-0.4, -0.2) is 14.5 Å². The number of nitrogens with one attached hydrogen (secondary N) is 1. The Labute approximate surface area is 59.7 Å². The predicted octanol–water partition coefficient (Wildman–Crippen LogP) is 1.49. The highest BCUT2D eigenvalue weighted by molar-refractivity contribution is 6.04. The van der Waals surface area contributed by atoms with Crippen molar-refractivity contribution in [3.8, 4) is 0 Å². The van der Waals surface area contributed by atoms with E-state index >= 15 is 0 Å². The van der Waals surface area contributed by atoms with Crippen LogP contribution in [0, 0.1) is 5.92 Å². The summed E-state index contributed by atoms with van der Waals surface area (Å²) in [6.07, 6.45) is 3.82. The van der Waals surface area contributed by atoms with E-state index in [0.717, 1.165) is 12.5 Å². The van der Waals surface area contributed by atoms with E-state index < -0.39 is 0 Å². The van der Waals surface area contributed by atoms with Crippen LogP contribution in [0.1, 0.15) is 33.1 Å². The third-order valence-electron chi connectivity index (χ3n) is 1.35. The second kappa shape index (κ2) is 6.15. The lowest BCUT2D eigenvalue weighted by atomic mass is 10.1. The van der Waals surface area contributed by atoms with Crippen LogP contribution in [0.3, 0.4) is 0 Å². The molecule has 1 N–H and O–H groups in total. The van der Waals surface area contributed by atoms with Crippen LogP contribution in [0.4, 0.5) is 0 Å². The van der Waals surface area contributed by atoms with E-state index in [2.05, 4.69) is 19.1 Å². The molecule has 1 nitrogen and oxygen atoms in total. The van der Waals surface area contributed by atoms with Crippen LogP contribution in [-0.2, 0) is 0 Å². The molecule has 2 heteroatoms. The smallest absolute Gasteiger partial charge is 0.177 e. The normalized spacial score (nSPS) is 10.6. The Morgan fingerprint density at radius 2 is 2.00 bits per heavy atom. The van der Waals surface area contributed by atoms with Crippen molar-refractivity contribution in [1.82, 2.24) is 5.23 Å². The molecule has 0 saturated carbocycles. The molecule has 0 aliphatic heterocycles. The van der Waals surface area contributed by atoms with Crippen LogP contribution < -0.4 is 5.23 Å². The van der Waals surface area contributed by atoms with Gasteiger partial charge in [-0.05, 0) is 18.9 Å². The molecule has 0 unspecified atom stereocenters. The van der Waals surface area contributed by atoms with Gasteiger partial charge in [0, 0.05) is 0 Å². The van der Waals surface area contributed by atoms with Crippen LogP contribution in [0.25, 0.3) is 0 Å². The summed E-state index contributed by atoms with van der Waals surface area (Å²) in [7, 11) is 5.10. The van der Waals surface area contributed by atoms with Crippen molar-refractivity contribution in [3.05, 3.63) is 0 Å². The lowest BCUT2D eigenvalue weighted by Gasteiger charge is -2.02. The van der Waals surface area contributed by atoms with Crippen molar-refractivity contribution in [1.29, 1.82) is 0 Å². The average molecular weight is 125 g/mol. The summed E-state index contributed by atoms with van der Waals surface area (Å²) in [6.45, 7) is 5.44. The zero-order valence-corrected chi connectivity index (χ0v) is 6.48. The van der Waals surface area contributed by atoms with Gasteiger partial charge in [0.1, 0.15) is 0 Å². The van der Waals surface area contributed by atoms with Gasteiger partial charge in [-0.15, -0.1) is 0 Å². The molecule has 2 radical (unpaired) electrons. The standard InChI is InChI=1S/C7H16BN/c1-7(2)5-3-4-6-9-8/h7,9H,3-6H2,1-2H3. The predicted molar refractivity (Wildman–Crippen MR) is 42.4 cm³/mol. The van der Waals surface area contributed by atoms with Gasteiger partial charge >= 0.3 is 0 Å². The summed E-state index contributed by atoms with van der Waals surface area (Å²) in [5, 5.41) is 2.64. The monoisotopic (exact) mass is 125 g/mol. The summed E-state index contributed by atoms with van der Waals surface area (Å²) in [5.41, 5.74) is 0. The number of rotatable bonds is 5. The first-order chi connectivity index (χ1) is 4.27. The molecule has 0 aliphatic rings. The molecule has 0 fully saturated rings. The molecule has 0 aliphatic carbocycles. The summed E-state index contributed by atoms with van der Waals surface area (Å²) in [4.78, 5) is 0. The fraction of sp³-hybridized carbons (Fsp3) is 1.00. The molecular formula is C7H16BN. The van der Waals surface area contributed by atoms with E-state index in [4.69, 9.17) is 7.98 Å². The Morgan fingerprint density at radius 1 is 1.33 bits per heavy atom. The van der Waals surface area contributed by atoms with Gasteiger partial charge in [0.2, 0.25) is 0 Å². The Balaban J connectivity index is 2.75. The minimum Gasteiger partial charge on any atom is -0.366 e. The molecule has 0 rings (SSSR count). The number of unbranched alkanes of at least 4 members (excludes halogenated alkanes) is 1. The van der Waals surface area contributed by atoms with Gasteiger partial charge < -0.3 is 5.23 Å². The highest BCUT2D eigenvalue weighted by Gasteiger charge is 1.91.